The summed E-state index contributed by atoms with van der Waals surface area (Å²) >= 11 is 1.85. The molecule has 306 valence electrons. The fraction of sp³-hybridized carbons (Fsp3) is 0. The second kappa shape index (κ2) is 13.3. The highest BCUT2D eigenvalue weighted by molar-refractivity contribution is 7.26. The molecule has 0 spiro atoms. The van der Waals surface area contributed by atoms with Crippen LogP contribution in [0.5, 0.6) is 0 Å². The summed E-state index contributed by atoms with van der Waals surface area (Å²) in [6.45, 7) is 0. The van der Waals surface area contributed by atoms with Crippen LogP contribution >= 0.6 is 11.3 Å². The van der Waals surface area contributed by atoms with Crippen molar-refractivity contribution in [1.82, 2.24) is 13.5 Å². The first-order valence-electron chi connectivity index (χ1n) is 22.5. The molecule has 66 heavy (non-hydrogen) atoms. The highest BCUT2D eigenvalue weighted by Gasteiger charge is 2.24. The van der Waals surface area contributed by atoms with Crippen LogP contribution in [0, 0.1) is 0 Å². The Labute approximate surface area is 381 Å². The van der Waals surface area contributed by atoms with E-state index in [0.29, 0.717) is 0 Å². The molecule has 5 heterocycles. The molecule has 0 aliphatic carbocycles. The molecule has 5 heteroatoms. The molecule has 15 rings (SSSR count). The number of para-hydroxylation sites is 4. The van der Waals surface area contributed by atoms with Gasteiger partial charge in [-0.05, 0) is 88.8 Å². The molecule has 0 atom stereocenters. The first-order chi connectivity index (χ1) is 32.7. The Kier molecular flexibility index (Phi) is 7.22. The van der Waals surface area contributed by atoms with E-state index in [1.54, 1.807) is 0 Å². The fourth-order valence-electron chi connectivity index (χ4n) is 11.3. The summed E-state index contributed by atoms with van der Waals surface area (Å²) < 4.78 is 9.42. The summed E-state index contributed by atoms with van der Waals surface area (Å²) in [7, 11) is 0. The molecule has 0 saturated carbocycles. The van der Waals surface area contributed by atoms with Crippen molar-refractivity contribution in [3.63, 3.8) is 0 Å². The Morgan fingerprint density at radius 1 is 0.318 bits per heavy atom. The van der Waals surface area contributed by atoms with Gasteiger partial charge in [0, 0.05) is 80.2 Å². The topological polar surface area (TPSA) is 31.3 Å². The molecule has 0 amide bonds. The Hall–Kier alpha value is -8.51. The second-order valence-electron chi connectivity index (χ2n) is 17.6. The van der Waals surface area contributed by atoms with Crippen molar-refractivity contribution >= 4 is 113 Å². The van der Waals surface area contributed by atoms with E-state index in [2.05, 4.69) is 209 Å². The minimum absolute atomic E-state index is 0.00977. The smallest absolute Gasteiger partial charge is 0.263 e. The van der Waals surface area contributed by atoms with Crippen LogP contribution < -0.4 is 5.56 Å². The van der Waals surface area contributed by atoms with E-state index in [9.17, 15) is 4.79 Å². The molecular weight excluding hydrogens is 823 g/mol. The largest absolute Gasteiger partial charge is 0.307 e. The first-order valence-corrected chi connectivity index (χ1v) is 23.3. The van der Waals surface area contributed by atoms with E-state index < -0.39 is 0 Å². The van der Waals surface area contributed by atoms with E-state index in [4.69, 9.17) is 0 Å². The average molecular weight is 858 g/mol. The lowest BCUT2D eigenvalue weighted by molar-refractivity contribution is 1.15. The zero-order valence-electron chi connectivity index (χ0n) is 35.4. The zero-order valence-corrected chi connectivity index (χ0v) is 36.2. The van der Waals surface area contributed by atoms with Gasteiger partial charge in [0.15, 0.2) is 0 Å². The second-order valence-corrected chi connectivity index (χ2v) is 18.6. The molecule has 0 unspecified atom stereocenters. The number of hydrogen-bond donors (Lipinski definition) is 0. The SMILES string of the molecule is O=c1c2ccc(-c3ccccc3)cc2c2cccc3c4cc(-c5cc(-n6c7ccccc7c7ccc8c9ccccc9n(-c9ccccc9)c8c76)cc6c5sc5ccccc56)ccc4n1c23. The van der Waals surface area contributed by atoms with Crippen LogP contribution in [0.2, 0.25) is 0 Å². The van der Waals surface area contributed by atoms with Gasteiger partial charge < -0.3 is 9.13 Å². The van der Waals surface area contributed by atoms with Crippen LogP contribution in [0.15, 0.2) is 217 Å². The summed E-state index contributed by atoms with van der Waals surface area (Å²) in [6.07, 6.45) is 0. The van der Waals surface area contributed by atoms with Crippen molar-refractivity contribution in [3.8, 4) is 33.6 Å². The molecule has 10 aromatic carbocycles. The molecule has 0 fully saturated rings. The summed E-state index contributed by atoms with van der Waals surface area (Å²) in [6, 6.07) is 76.6. The molecule has 15 aromatic rings. The van der Waals surface area contributed by atoms with Crippen LogP contribution in [0.4, 0.5) is 0 Å². The van der Waals surface area contributed by atoms with E-state index in [-0.39, 0.29) is 5.56 Å². The van der Waals surface area contributed by atoms with Crippen LogP contribution in [-0.2, 0) is 0 Å². The Morgan fingerprint density at radius 3 is 1.62 bits per heavy atom. The van der Waals surface area contributed by atoms with Crippen molar-refractivity contribution in [2.45, 2.75) is 0 Å². The molecule has 0 N–H and O–H groups in total. The number of rotatable bonds is 4. The number of benzene rings is 10. The third-order valence-electron chi connectivity index (χ3n) is 14.2. The molecule has 0 saturated heterocycles. The number of hydrogen-bond acceptors (Lipinski definition) is 2. The molecule has 0 bridgehead atoms. The van der Waals surface area contributed by atoms with Crippen molar-refractivity contribution in [1.29, 1.82) is 0 Å². The average Bonchev–Trinajstić information content (AvgIpc) is 4.12. The van der Waals surface area contributed by atoms with Crippen molar-refractivity contribution < 1.29 is 0 Å². The zero-order chi connectivity index (χ0) is 43.2. The van der Waals surface area contributed by atoms with E-state index in [0.717, 1.165) is 71.5 Å². The molecular formula is C61H35N3OS. The first kappa shape index (κ1) is 35.9. The normalized spacial score (nSPS) is 12.3. The van der Waals surface area contributed by atoms with Gasteiger partial charge in [-0.2, -0.15) is 0 Å². The van der Waals surface area contributed by atoms with Gasteiger partial charge in [-0.15, -0.1) is 11.3 Å². The van der Waals surface area contributed by atoms with E-state index in [1.165, 1.54) is 63.8 Å². The lowest BCUT2D eigenvalue weighted by Crippen LogP contribution is -2.12. The Morgan fingerprint density at radius 2 is 0.879 bits per heavy atom. The Balaban J connectivity index is 1.04. The van der Waals surface area contributed by atoms with Gasteiger partial charge in [-0.25, -0.2) is 0 Å². The number of aromatic nitrogens is 3. The predicted molar refractivity (Wildman–Crippen MR) is 280 cm³/mol. The van der Waals surface area contributed by atoms with E-state index in [1.807, 2.05) is 27.9 Å². The van der Waals surface area contributed by atoms with Gasteiger partial charge in [-0.3, -0.25) is 9.20 Å². The maximum absolute atomic E-state index is 14.7. The highest BCUT2D eigenvalue weighted by atomic mass is 32.1. The third-order valence-corrected chi connectivity index (χ3v) is 15.4. The van der Waals surface area contributed by atoms with E-state index >= 15 is 0 Å². The van der Waals surface area contributed by atoms with Crippen LogP contribution in [0.25, 0.3) is 135 Å². The number of pyridine rings is 1. The number of fused-ring (bicyclic) bond motifs is 15. The molecule has 0 aliphatic rings. The Bertz CT molecular complexity index is 4590. The third kappa shape index (κ3) is 4.79. The maximum atomic E-state index is 14.7. The maximum Gasteiger partial charge on any atom is 0.263 e. The van der Waals surface area contributed by atoms with Crippen molar-refractivity contribution in [3.05, 3.63) is 223 Å². The van der Waals surface area contributed by atoms with Gasteiger partial charge in [0.25, 0.3) is 5.56 Å². The minimum Gasteiger partial charge on any atom is -0.307 e. The summed E-state index contributed by atoms with van der Waals surface area (Å²) in [5.41, 5.74) is 13.4. The van der Waals surface area contributed by atoms with Crippen LogP contribution in [0.3, 0.4) is 0 Å². The summed E-state index contributed by atoms with van der Waals surface area (Å²) in [4.78, 5) is 14.7. The van der Waals surface area contributed by atoms with Crippen LogP contribution in [-0.4, -0.2) is 13.5 Å². The lowest BCUT2D eigenvalue weighted by atomic mass is 9.98. The minimum atomic E-state index is 0.00977. The highest BCUT2D eigenvalue weighted by Crippen LogP contribution is 2.47. The van der Waals surface area contributed by atoms with Gasteiger partial charge in [0.1, 0.15) is 0 Å². The van der Waals surface area contributed by atoms with Gasteiger partial charge in [0.05, 0.1) is 33.1 Å². The lowest BCUT2D eigenvalue weighted by Gasteiger charge is -2.15. The monoisotopic (exact) mass is 857 g/mol. The van der Waals surface area contributed by atoms with Crippen LogP contribution in [0.1, 0.15) is 0 Å². The van der Waals surface area contributed by atoms with Gasteiger partial charge >= 0.3 is 0 Å². The molecule has 4 nitrogen and oxygen atoms in total. The fourth-order valence-corrected chi connectivity index (χ4v) is 12.5. The van der Waals surface area contributed by atoms with Crippen molar-refractivity contribution in [2.24, 2.45) is 0 Å². The molecule has 5 aromatic heterocycles. The molecule has 0 aliphatic heterocycles. The standard InChI is InChI=1S/C61H35N3OS/c65-61-48-28-26-37(36-14-3-1-4-15-36)32-50(48)44-21-13-22-45-51-33-38(27-31-55(51)64(61)57(44)45)49-34-40(35-52-43-20-9-12-25-56(43)66-60(49)52)63-54-24-11-8-19-42(54)47-30-29-46-41-18-7-10-23-53(41)62(58(46)59(47)63)39-16-5-2-6-17-39/h1-35H. The quantitative estimate of drug-likeness (QED) is 0.162. The summed E-state index contributed by atoms with van der Waals surface area (Å²) in [5, 5.41) is 12.3. The number of thiophene rings is 1. The molecule has 0 radical (unpaired) electrons. The van der Waals surface area contributed by atoms with Gasteiger partial charge in [0.2, 0.25) is 0 Å². The predicted octanol–water partition coefficient (Wildman–Crippen LogP) is 16.1. The van der Waals surface area contributed by atoms with Crippen molar-refractivity contribution in [2.75, 3.05) is 0 Å². The van der Waals surface area contributed by atoms with Gasteiger partial charge in [-0.1, -0.05) is 146 Å². The number of nitrogens with zero attached hydrogens (tertiary/aromatic N) is 3. The summed E-state index contributed by atoms with van der Waals surface area (Å²) in [5.74, 6) is 0.